The van der Waals surface area contributed by atoms with Crippen molar-refractivity contribution >= 4 is 11.7 Å². The zero-order valence-electron chi connectivity index (χ0n) is 16.0. The Bertz CT molecular complexity index is 1220. The average Bonchev–Trinajstić information content (AvgIpc) is 3.31. The molecular formula is C22H20N4O3. The van der Waals surface area contributed by atoms with Crippen LogP contribution in [-0.2, 0) is 0 Å². The summed E-state index contributed by atoms with van der Waals surface area (Å²) in [4.78, 5) is 12.2. The molecule has 4 rings (SSSR count). The number of anilines is 1. The highest BCUT2D eigenvalue weighted by Gasteiger charge is 2.26. The number of hydrogen-bond acceptors (Lipinski definition) is 5. The molecule has 4 aromatic rings. The molecule has 0 aliphatic rings. The van der Waals surface area contributed by atoms with Crippen LogP contribution in [0.3, 0.4) is 0 Å². The largest absolute Gasteiger partial charge is 0.508 e. The van der Waals surface area contributed by atoms with E-state index >= 15 is 0 Å². The fourth-order valence-corrected chi connectivity index (χ4v) is 3.41. The lowest BCUT2D eigenvalue weighted by atomic mass is 10.1. The second-order valence-electron chi connectivity index (χ2n) is 6.83. The molecule has 0 saturated carbocycles. The molecule has 0 bridgehead atoms. The summed E-state index contributed by atoms with van der Waals surface area (Å²) in [5.41, 5.74) is 16.0. The summed E-state index contributed by atoms with van der Waals surface area (Å²) in [5, 5.41) is 14.6. The summed E-state index contributed by atoms with van der Waals surface area (Å²) in [5.74, 6) is -0.149. The lowest BCUT2D eigenvalue weighted by molar-refractivity contribution is 0.100. The van der Waals surface area contributed by atoms with E-state index < -0.39 is 5.91 Å². The van der Waals surface area contributed by atoms with Crippen molar-refractivity contribution in [2.75, 3.05) is 5.73 Å². The third kappa shape index (κ3) is 3.02. The van der Waals surface area contributed by atoms with E-state index in [1.807, 2.05) is 37.3 Å². The number of carbonyl (C=O) groups excluding carboxylic acids is 1. The molecule has 7 nitrogen and oxygen atoms in total. The summed E-state index contributed by atoms with van der Waals surface area (Å²) in [7, 11) is 0. The number of amides is 1. The van der Waals surface area contributed by atoms with Crippen LogP contribution in [0.15, 0.2) is 59.2 Å². The number of nitrogens with two attached hydrogens (primary N) is 2. The van der Waals surface area contributed by atoms with Crippen molar-refractivity contribution in [3.05, 3.63) is 71.5 Å². The van der Waals surface area contributed by atoms with E-state index in [-0.39, 0.29) is 22.8 Å². The van der Waals surface area contributed by atoms with Crippen LogP contribution >= 0.6 is 0 Å². The molecule has 2 aromatic carbocycles. The van der Waals surface area contributed by atoms with Gasteiger partial charge >= 0.3 is 0 Å². The first-order chi connectivity index (χ1) is 13.9. The maximum Gasteiger partial charge on any atom is 0.254 e. The van der Waals surface area contributed by atoms with Gasteiger partial charge in [-0.3, -0.25) is 4.79 Å². The van der Waals surface area contributed by atoms with Crippen molar-refractivity contribution in [2.45, 2.75) is 13.8 Å². The zero-order chi connectivity index (χ0) is 20.7. The molecule has 2 heterocycles. The number of nitrogen functional groups attached to an aromatic ring is 1. The van der Waals surface area contributed by atoms with Crippen molar-refractivity contribution in [1.82, 2.24) is 9.78 Å². The lowest BCUT2D eigenvalue weighted by Crippen LogP contribution is -2.14. The Hall–Kier alpha value is -4.00. The molecular weight excluding hydrogens is 368 g/mol. The van der Waals surface area contributed by atoms with Gasteiger partial charge in [-0.1, -0.05) is 36.4 Å². The molecule has 0 unspecified atom stereocenters. The Labute approximate surface area is 167 Å². The maximum atomic E-state index is 12.2. The predicted octanol–water partition coefficient (Wildman–Crippen LogP) is 3.80. The standard InChI is InChI=1S/C22H20N4O3/c1-12-8-9-16(27)13(2)20(12)26-21(23)18(22(24)28)19(25-26)17-10-15(11-29-17)14-6-4-3-5-7-14/h3-11,27H,23H2,1-2H3,(H2,24,28). The van der Waals surface area contributed by atoms with Gasteiger partial charge in [0.15, 0.2) is 5.76 Å². The van der Waals surface area contributed by atoms with Gasteiger partial charge in [0.05, 0.1) is 12.0 Å². The van der Waals surface area contributed by atoms with Crippen molar-refractivity contribution in [1.29, 1.82) is 0 Å². The number of hydrogen-bond donors (Lipinski definition) is 3. The number of primary amides is 1. The number of benzene rings is 2. The minimum absolute atomic E-state index is 0.0705. The quantitative estimate of drug-likeness (QED) is 0.491. The fraction of sp³-hybridized carbons (Fsp3) is 0.0909. The second-order valence-corrected chi connectivity index (χ2v) is 6.83. The number of aromatic hydroxyl groups is 1. The summed E-state index contributed by atoms with van der Waals surface area (Å²) in [6, 6.07) is 14.8. The van der Waals surface area contributed by atoms with Crippen LogP contribution in [0.25, 0.3) is 28.3 Å². The van der Waals surface area contributed by atoms with Gasteiger partial charge in [-0.25, -0.2) is 4.68 Å². The molecule has 0 aliphatic carbocycles. The van der Waals surface area contributed by atoms with E-state index in [1.165, 1.54) is 4.68 Å². The molecule has 5 N–H and O–H groups in total. The van der Waals surface area contributed by atoms with Crippen molar-refractivity contribution in [2.24, 2.45) is 5.73 Å². The van der Waals surface area contributed by atoms with Crippen LogP contribution in [0.5, 0.6) is 5.75 Å². The average molecular weight is 388 g/mol. The van der Waals surface area contributed by atoms with Crippen molar-refractivity contribution in [3.8, 4) is 34.0 Å². The number of nitrogens with zero attached hydrogens (tertiary/aromatic N) is 2. The normalized spacial score (nSPS) is 11.0. The Morgan fingerprint density at radius 3 is 2.52 bits per heavy atom. The third-order valence-corrected chi connectivity index (χ3v) is 4.92. The monoisotopic (exact) mass is 388 g/mol. The smallest absolute Gasteiger partial charge is 0.254 e. The van der Waals surface area contributed by atoms with Crippen LogP contribution < -0.4 is 11.5 Å². The van der Waals surface area contributed by atoms with Gasteiger partial charge in [-0.15, -0.1) is 0 Å². The number of phenols is 1. The number of aromatic nitrogens is 2. The fourth-order valence-electron chi connectivity index (χ4n) is 3.41. The molecule has 1 amide bonds. The highest BCUT2D eigenvalue weighted by molar-refractivity contribution is 6.03. The molecule has 0 spiro atoms. The molecule has 2 aromatic heterocycles. The highest BCUT2D eigenvalue weighted by Crippen LogP contribution is 2.35. The number of rotatable bonds is 4. The van der Waals surface area contributed by atoms with Gasteiger partial charge in [-0.2, -0.15) is 5.10 Å². The Kier molecular flexibility index (Phi) is 4.35. The first kappa shape index (κ1) is 18.4. The SMILES string of the molecule is Cc1ccc(O)c(C)c1-n1nc(-c2cc(-c3ccccc3)co2)c(C(N)=O)c1N. The lowest BCUT2D eigenvalue weighted by Gasteiger charge is -2.12. The van der Waals surface area contributed by atoms with Gasteiger partial charge in [0.2, 0.25) is 0 Å². The first-order valence-corrected chi connectivity index (χ1v) is 9.00. The van der Waals surface area contributed by atoms with Crippen LogP contribution in [-0.4, -0.2) is 20.8 Å². The molecule has 0 atom stereocenters. The van der Waals surface area contributed by atoms with E-state index in [9.17, 15) is 9.90 Å². The first-order valence-electron chi connectivity index (χ1n) is 9.00. The van der Waals surface area contributed by atoms with Crippen LogP contribution in [0, 0.1) is 13.8 Å². The molecule has 0 fully saturated rings. The zero-order valence-corrected chi connectivity index (χ0v) is 16.0. The van der Waals surface area contributed by atoms with Crippen molar-refractivity contribution < 1.29 is 14.3 Å². The second kappa shape index (κ2) is 6.87. The van der Waals surface area contributed by atoms with Crippen molar-refractivity contribution in [3.63, 3.8) is 0 Å². The van der Waals surface area contributed by atoms with Crippen LogP contribution in [0.2, 0.25) is 0 Å². The Morgan fingerprint density at radius 1 is 1.10 bits per heavy atom. The summed E-state index contributed by atoms with van der Waals surface area (Å²) in [6.45, 7) is 3.62. The Morgan fingerprint density at radius 2 is 1.83 bits per heavy atom. The van der Waals surface area contributed by atoms with Crippen LogP contribution in [0.4, 0.5) is 5.82 Å². The minimum atomic E-state index is -0.711. The molecule has 29 heavy (non-hydrogen) atoms. The van der Waals surface area contributed by atoms with Gasteiger partial charge in [0.25, 0.3) is 5.91 Å². The highest BCUT2D eigenvalue weighted by atomic mass is 16.3. The number of furan rings is 1. The Balaban J connectivity index is 1.91. The predicted molar refractivity (Wildman–Crippen MR) is 111 cm³/mol. The molecule has 0 saturated heterocycles. The molecule has 0 radical (unpaired) electrons. The van der Waals surface area contributed by atoms with E-state index in [4.69, 9.17) is 15.9 Å². The maximum absolute atomic E-state index is 12.2. The summed E-state index contributed by atoms with van der Waals surface area (Å²) in [6.07, 6.45) is 1.59. The van der Waals surface area contributed by atoms with Gasteiger partial charge in [0.1, 0.15) is 22.8 Å². The topological polar surface area (TPSA) is 120 Å². The molecule has 0 aliphatic heterocycles. The summed E-state index contributed by atoms with van der Waals surface area (Å²) < 4.78 is 7.12. The number of phenolic OH excluding ortho intramolecular Hbond substituents is 1. The van der Waals surface area contributed by atoms with Gasteiger partial charge in [0, 0.05) is 11.1 Å². The van der Waals surface area contributed by atoms with E-state index in [0.717, 1.165) is 16.7 Å². The molecule has 146 valence electrons. The minimum Gasteiger partial charge on any atom is -0.508 e. The van der Waals surface area contributed by atoms with Crippen LogP contribution in [0.1, 0.15) is 21.5 Å². The van der Waals surface area contributed by atoms with Gasteiger partial charge in [-0.05, 0) is 37.1 Å². The number of aryl methyl sites for hydroxylation is 1. The third-order valence-electron chi connectivity index (χ3n) is 4.92. The summed E-state index contributed by atoms with van der Waals surface area (Å²) >= 11 is 0. The molecule has 7 heteroatoms. The van der Waals surface area contributed by atoms with E-state index in [1.54, 1.807) is 31.4 Å². The van der Waals surface area contributed by atoms with E-state index in [2.05, 4.69) is 5.10 Å². The van der Waals surface area contributed by atoms with Gasteiger partial charge < -0.3 is 21.0 Å². The number of carbonyl (C=O) groups is 1. The van der Waals surface area contributed by atoms with E-state index in [0.29, 0.717) is 17.0 Å².